The third-order valence-corrected chi connectivity index (χ3v) is 1.86. The summed E-state index contributed by atoms with van der Waals surface area (Å²) in [6, 6.07) is 0. The fourth-order valence-electron chi connectivity index (χ4n) is 0.990. The van der Waals surface area contributed by atoms with Crippen LogP contribution in [0.3, 0.4) is 0 Å². The predicted octanol–water partition coefficient (Wildman–Crippen LogP) is 0.792. The lowest BCUT2D eigenvalue weighted by Gasteiger charge is -2.17. The van der Waals surface area contributed by atoms with Gasteiger partial charge in [-0.2, -0.15) is 0 Å². The number of epoxide rings is 1. The van der Waals surface area contributed by atoms with E-state index < -0.39 is 0 Å². The van der Waals surface area contributed by atoms with Gasteiger partial charge in [0, 0.05) is 0 Å². The number of rotatable bonds is 2. The molecule has 1 N–H and O–H groups in total. The van der Waals surface area contributed by atoms with Gasteiger partial charge in [-0.05, 0) is 12.8 Å². The van der Waals surface area contributed by atoms with Crippen molar-refractivity contribution in [3.05, 3.63) is 0 Å². The van der Waals surface area contributed by atoms with E-state index in [1.807, 2.05) is 20.8 Å². The minimum absolute atomic E-state index is 0.214. The molecule has 2 heteroatoms. The molecule has 0 bridgehead atoms. The van der Waals surface area contributed by atoms with Crippen LogP contribution in [-0.4, -0.2) is 23.4 Å². The van der Waals surface area contributed by atoms with Crippen LogP contribution in [0.4, 0.5) is 0 Å². The first-order valence-electron chi connectivity index (χ1n) is 3.38. The second-order valence-electron chi connectivity index (χ2n) is 3.29. The van der Waals surface area contributed by atoms with E-state index >= 15 is 0 Å². The van der Waals surface area contributed by atoms with Crippen molar-refractivity contribution in [3.8, 4) is 0 Å². The van der Waals surface area contributed by atoms with E-state index in [2.05, 4.69) is 0 Å². The molecule has 0 aliphatic carbocycles. The zero-order valence-electron chi connectivity index (χ0n) is 6.22. The van der Waals surface area contributed by atoms with E-state index in [1.165, 1.54) is 0 Å². The minimum atomic E-state index is -0.294. The van der Waals surface area contributed by atoms with E-state index in [0.717, 1.165) is 0 Å². The molecular formula is C7H14O2. The zero-order chi connectivity index (χ0) is 7.07. The molecule has 0 aromatic heterocycles. The molecule has 9 heavy (non-hydrogen) atoms. The van der Waals surface area contributed by atoms with Crippen LogP contribution >= 0.6 is 0 Å². The predicted molar refractivity (Wildman–Crippen MR) is 35.2 cm³/mol. The molecule has 0 spiro atoms. The van der Waals surface area contributed by atoms with Gasteiger partial charge in [0.1, 0.15) is 5.60 Å². The van der Waals surface area contributed by atoms with Crippen LogP contribution in [0.5, 0.6) is 0 Å². The highest BCUT2D eigenvalue weighted by Gasteiger charge is 2.47. The molecule has 2 nitrogen and oxygen atoms in total. The van der Waals surface area contributed by atoms with Crippen LogP contribution in [0.1, 0.15) is 20.8 Å². The van der Waals surface area contributed by atoms with Crippen LogP contribution in [-0.2, 0) is 4.74 Å². The van der Waals surface area contributed by atoms with Crippen LogP contribution in [0.25, 0.3) is 0 Å². The van der Waals surface area contributed by atoms with E-state index in [4.69, 9.17) is 4.74 Å². The van der Waals surface area contributed by atoms with Gasteiger partial charge in [0.05, 0.1) is 12.7 Å². The number of ether oxygens (including phenoxy) is 1. The zero-order valence-corrected chi connectivity index (χ0v) is 6.22. The molecule has 0 aromatic rings. The summed E-state index contributed by atoms with van der Waals surface area (Å²) < 4.78 is 5.07. The average molecular weight is 130 g/mol. The average Bonchev–Trinajstić information content (AvgIpc) is 2.47. The van der Waals surface area contributed by atoms with Crippen LogP contribution in [0, 0.1) is 5.92 Å². The Kier molecular flexibility index (Phi) is 1.53. The van der Waals surface area contributed by atoms with Crippen molar-refractivity contribution in [1.29, 1.82) is 0 Å². The van der Waals surface area contributed by atoms with Gasteiger partial charge < -0.3 is 9.84 Å². The fraction of sp³-hybridized carbons (Fsp3) is 1.00. The van der Waals surface area contributed by atoms with Crippen molar-refractivity contribution < 1.29 is 9.84 Å². The highest BCUT2D eigenvalue weighted by molar-refractivity contribution is 4.95. The minimum Gasteiger partial charge on any atom is -0.390 e. The quantitative estimate of drug-likeness (QED) is 0.560. The second kappa shape index (κ2) is 1.96. The third kappa shape index (κ3) is 1.25. The highest BCUT2D eigenvalue weighted by Crippen LogP contribution is 2.33. The van der Waals surface area contributed by atoms with Gasteiger partial charge in [-0.15, -0.1) is 0 Å². The lowest BCUT2D eigenvalue weighted by atomic mass is 9.96. The monoisotopic (exact) mass is 130 g/mol. The summed E-state index contributed by atoms with van der Waals surface area (Å²) >= 11 is 0. The Bertz CT molecular complexity index is 105. The molecule has 1 aliphatic heterocycles. The molecule has 0 radical (unpaired) electrons. The lowest BCUT2D eigenvalue weighted by molar-refractivity contribution is 0.0474. The van der Waals surface area contributed by atoms with Crippen molar-refractivity contribution in [2.24, 2.45) is 5.92 Å². The van der Waals surface area contributed by atoms with Crippen molar-refractivity contribution in [1.82, 2.24) is 0 Å². The molecule has 1 rings (SSSR count). The van der Waals surface area contributed by atoms with Gasteiger partial charge in [0.25, 0.3) is 0 Å². The molecular weight excluding hydrogens is 116 g/mol. The molecule has 0 saturated carbocycles. The van der Waals surface area contributed by atoms with Gasteiger partial charge >= 0.3 is 0 Å². The molecule has 0 aromatic carbocycles. The summed E-state index contributed by atoms with van der Waals surface area (Å²) in [7, 11) is 0. The van der Waals surface area contributed by atoms with Crippen molar-refractivity contribution in [3.63, 3.8) is 0 Å². The van der Waals surface area contributed by atoms with Gasteiger partial charge in [-0.3, -0.25) is 0 Å². The molecule has 2 atom stereocenters. The Morgan fingerprint density at radius 2 is 2.00 bits per heavy atom. The summed E-state index contributed by atoms with van der Waals surface area (Å²) in [4.78, 5) is 0. The van der Waals surface area contributed by atoms with Crippen molar-refractivity contribution >= 4 is 0 Å². The van der Waals surface area contributed by atoms with Gasteiger partial charge in [-0.1, -0.05) is 13.8 Å². The van der Waals surface area contributed by atoms with E-state index in [9.17, 15) is 5.11 Å². The topological polar surface area (TPSA) is 32.8 Å². The van der Waals surface area contributed by atoms with Crippen LogP contribution < -0.4 is 0 Å². The number of hydrogen-bond donors (Lipinski definition) is 1. The maximum Gasteiger partial charge on any atom is 0.115 e. The summed E-state index contributed by atoms with van der Waals surface area (Å²) in [5.41, 5.74) is -0.214. The number of aliphatic hydroxyl groups excluding tert-OH is 1. The summed E-state index contributed by atoms with van der Waals surface area (Å²) in [5.74, 6) is 0.303. The smallest absolute Gasteiger partial charge is 0.115 e. The van der Waals surface area contributed by atoms with E-state index in [-0.39, 0.29) is 11.7 Å². The first kappa shape index (κ1) is 7.03. The molecule has 0 amide bonds. The largest absolute Gasteiger partial charge is 0.390 e. The fourth-order valence-corrected chi connectivity index (χ4v) is 0.990. The Labute approximate surface area is 55.8 Å². The van der Waals surface area contributed by atoms with Gasteiger partial charge in [-0.25, -0.2) is 0 Å². The summed E-state index contributed by atoms with van der Waals surface area (Å²) in [5, 5.41) is 9.40. The first-order valence-corrected chi connectivity index (χ1v) is 3.38. The standard InChI is InChI=1S/C7H14O2/c1-5(2)6(8)7(3)4-9-7/h5-6,8H,4H2,1-3H3/t6-,7+/m1/s1. The maximum absolute atomic E-state index is 9.40. The van der Waals surface area contributed by atoms with E-state index in [1.54, 1.807) is 0 Å². The first-order chi connectivity index (χ1) is 4.06. The molecule has 1 saturated heterocycles. The lowest BCUT2D eigenvalue weighted by Crippen LogP contribution is -2.31. The van der Waals surface area contributed by atoms with Crippen molar-refractivity contribution in [2.75, 3.05) is 6.61 Å². The van der Waals surface area contributed by atoms with Crippen molar-refractivity contribution in [2.45, 2.75) is 32.5 Å². The Morgan fingerprint density at radius 3 is 2.11 bits per heavy atom. The molecule has 1 heterocycles. The Morgan fingerprint density at radius 1 is 1.56 bits per heavy atom. The van der Waals surface area contributed by atoms with Crippen LogP contribution in [0.2, 0.25) is 0 Å². The van der Waals surface area contributed by atoms with Gasteiger partial charge in [0.2, 0.25) is 0 Å². The number of aliphatic hydroxyl groups is 1. The molecule has 1 fully saturated rings. The van der Waals surface area contributed by atoms with E-state index in [0.29, 0.717) is 12.5 Å². The normalized spacial score (nSPS) is 37.0. The summed E-state index contributed by atoms with van der Waals surface area (Å²) in [6.45, 7) is 6.65. The molecule has 0 unspecified atom stereocenters. The number of hydrogen-bond acceptors (Lipinski definition) is 2. The Balaban J connectivity index is 2.42. The van der Waals surface area contributed by atoms with Gasteiger partial charge in [0.15, 0.2) is 0 Å². The second-order valence-corrected chi connectivity index (χ2v) is 3.29. The summed E-state index contributed by atoms with van der Waals surface area (Å²) in [6.07, 6.45) is -0.294. The molecule has 1 aliphatic rings. The Hall–Kier alpha value is -0.0800. The SMILES string of the molecule is CC(C)[C@@H](O)[C@]1(C)CO1. The maximum atomic E-state index is 9.40. The van der Waals surface area contributed by atoms with Crippen LogP contribution in [0.15, 0.2) is 0 Å². The molecule has 54 valence electrons. The highest BCUT2D eigenvalue weighted by atomic mass is 16.6. The third-order valence-electron chi connectivity index (χ3n) is 1.86.